The van der Waals surface area contributed by atoms with Gasteiger partial charge in [0.15, 0.2) is 0 Å². The molecule has 5 heteroatoms. The van der Waals surface area contributed by atoms with Crippen LogP contribution in [0, 0.1) is 17.8 Å². The summed E-state index contributed by atoms with van der Waals surface area (Å²) in [5.74, 6) is -3.12. The van der Waals surface area contributed by atoms with Crippen molar-refractivity contribution in [3.8, 4) is 0 Å². The SMILES string of the molecule is NCc1cccc(NC(=O)C2CC(F)(F)CCC2C2CCCCCC2)c1. The van der Waals surface area contributed by atoms with Crippen molar-refractivity contribution in [2.75, 3.05) is 5.32 Å². The topological polar surface area (TPSA) is 55.1 Å². The van der Waals surface area contributed by atoms with E-state index in [2.05, 4.69) is 5.32 Å². The average molecular weight is 364 g/mol. The molecule has 26 heavy (non-hydrogen) atoms. The van der Waals surface area contributed by atoms with Crippen molar-refractivity contribution < 1.29 is 13.6 Å². The molecule has 144 valence electrons. The van der Waals surface area contributed by atoms with E-state index in [-0.39, 0.29) is 24.7 Å². The van der Waals surface area contributed by atoms with Crippen LogP contribution in [0.2, 0.25) is 0 Å². The van der Waals surface area contributed by atoms with Crippen LogP contribution in [0.5, 0.6) is 0 Å². The van der Waals surface area contributed by atoms with Gasteiger partial charge in [-0.25, -0.2) is 8.78 Å². The van der Waals surface area contributed by atoms with Gasteiger partial charge in [0.1, 0.15) is 0 Å². The van der Waals surface area contributed by atoms with Crippen LogP contribution in [0.3, 0.4) is 0 Å². The standard InChI is InChI=1S/C21H30F2N2O/c22-21(23)11-10-18(16-7-3-1-2-4-8-16)19(13-21)20(26)25-17-9-5-6-15(12-17)14-24/h5-6,9,12,16,18-19H,1-4,7-8,10-11,13-14,24H2,(H,25,26). The van der Waals surface area contributed by atoms with E-state index < -0.39 is 11.8 Å². The quantitative estimate of drug-likeness (QED) is 0.730. The van der Waals surface area contributed by atoms with Gasteiger partial charge in [-0.1, -0.05) is 50.7 Å². The van der Waals surface area contributed by atoms with Gasteiger partial charge in [-0.15, -0.1) is 0 Å². The van der Waals surface area contributed by atoms with Gasteiger partial charge >= 0.3 is 0 Å². The minimum atomic E-state index is -2.73. The molecule has 0 saturated heterocycles. The Labute approximate surface area is 154 Å². The number of nitrogens with one attached hydrogen (secondary N) is 1. The Morgan fingerprint density at radius 2 is 1.88 bits per heavy atom. The zero-order chi connectivity index (χ0) is 18.6. The molecule has 3 rings (SSSR count). The summed E-state index contributed by atoms with van der Waals surface area (Å²) in [5, 5.41) is 2.88. The molecule has 0 radical (unpaired) electrons. The molecule has 1 aromatic rings. The summed E-state index contributed by atoms with van der Waals surface area (Å²) in [6.07, 6.45) is 6.96. The molecule has 2 aliphatic carbocycles. The number of halogens is 2. The van der Waals surface area contributed by atoms with E-state index in [9.17, 15) is 13.6 Å². The lowest BCUT2D eigenvalue weighted by Crippen LogP contribution is -2.42. The summed E-state index contributed by atoms with van der Waals surface area (Å²) in [7, 11) is 0. The molecular weight excluding hydrogens is 334 g/mol. The largest absolute Gasteiger partial charge is 0.326 e. The molecule has 0 heterocycles. The van der Waals surface area contributed by atoms with E-state index in [0.717, 1.165) is 31.2 Å². The predicted octanol–water partition coefficient (Wildman–Crippen LogP) is 5.11. The second kappa shape index (κ2) is 8.47. The fraction of sp³-hybridized carbons (Fsp3) is 0.667. The number of carbonyl (C=O) groups is 1. The van der Waals surface area contributed by atoms with Crippen molar-refractivity contribution in [2.24, 2.45) is 23.5 Å². The maximum Gasteiger partial charge on any atom is 0.248 e. The molecule has 0 bridgehead atoms. The molecule has 2 aliphatic rings. The maximum atomic E-state index is 14.1. The van der Waals surface area contributed by atoms with Gasteiger partial charge in [-0.2, -0.15) is 0 Å². The van der Waals surface area contributed by atoms with Crippen molar-refractivity contribution in [3.63, 3.8) is 0 Å². The number of rotatable bonds is 4. The van der Waals surface area contributed by atoms with Crippen LogP contribution in [0.1, 0.15) is 63.4 Å². The molecular formula is C21H30F2N2O. The number of carbonyl (C=O) groups excluding carboxylic acids is 1. The predicted molar refractivity (Wildman–Crippen MR) is 99.9 cm³/mol. The van der Waals surface area contributed by atoms with E-state index in [0.29, 0.717) is 24.6 Å². The number of benzene rings is 1. The van der Waals surface area contributed by atoms with Crippen LogP contribution in [-0.4, -0.2) is 11.8 Å². The summed E-state index contributed by atoms with van der Waals surface area (Å²) >= 11 is 0. The molecule has 2 unspecified atom stereocenters. The van der Waals surface area contributed by atoms with Gasteiger partial charge in [0.2, 0.25) is 11.8 Å². The highest BCUT2D eigenvalue weighted by Crippen LogP contribution is 2.46. The molecule has 0 spiro atoms. The minimum absolute atomic E-state index is 0.0745. The van der Waals surface area contributed by atoms with Gasteiger partial charge in [0.05, 0.1) is 0 Å². The Hall–Kier alpha value is -1.49. The van der Waals surface area contributed by atoms with Gasteiger partial charge in [0.25, 0.3) is 0 Å². The smallest absolute Gasteiger partial charge is 0.248 e. The number of amides is 1. The zero-order valence-electron chi connectivity index (χ0n) is 15.4. The number of hydrogen-bond donors (Lipinski definition) is 2. The van der Waals surface area contributed by atoms with Gasteiger partial charge in [0, 0.05) is 31.0 Å². The Morgan fingerprint density at radius 3 is 2.58 bits per heavy atom. The van der Waals surface area contributed by atoms with Crippen LogP contribution in [0.15, 0.2) is 24.3 Å². The van der Waals surface area contributed by atoms with Crippen molar-refractivity contribution >= 4 is 11.6 Å². The van der Waals surface area contributed by atoms with E-state index in [4.69, 9.17) is 5.73 Å². The highest BCUT2D eigenvalue weighted by molar-refractivity contribution is 5.93. The third-order valence-electron chi connectivity index (χ3n) is 6.15. The molecule has 2 saturated carbocycles. The van der Waals surface area contributed by atoms with Gasteiger partial charge in [-0.3, -0.25) is 4.79 Å². The molecule has 0 aromatic heterocycles. The van der Waals surface area contributed by atoms with Crippen molar-refractivity contribution in [2.45, 2.75) is 70.3 Å². The second-order valence-electron chi connectivity index (χ2n) is 8.01. The van der Waals surface area contributed by atoms with E-state index in [1.54, 1.807) is 6.07 Å². The van der Waals surface area contributed by atoms with Crippen LogP contribution < -0.4 is 11.1 Å². The van der Waals surface area contributed by atoms with Crippen LogP contribution in [0.25, 0.3) is 0 Å². The molecule has 2 atom stereocenters. The lowest BCUT2D eigenvalue weighted by Gasteiger charge is -2.39. The van der Waals surface area contributed by atoms with E-state index in [1.807, 2.05) is 18.2 Å². The zero-order valence-corrected chi connectivity index (χ0v) is 15.4. The Balaban J connectivity index is 1.75. The first-order valence-corrected chi connectivity index (χ1v) is 9.96. The Bertz CT molecular complexity index is 612. The summed E-state index contributed by atoms with van der Waals surface area (Å²) in [5.41, 5.74) is 7.21. The lowest BCUT2D eigenvalue weighted by atomic mass is 9.68. The monoisotopic (exact) mass is 364 g/mol. The van der Waals surface area contributed by atoms with Crippen LogP contribution in [0.4, 0.5) is 14.5 Å². The fourth-order valence-electron chi connectivity index (χ4n) is 4.76. The molecule has 2 fully saturated rings. The summed E-state index contributed by atoms with van der Waals surface area (Å²) in [6.45, 7) is 0.385. The number of alkyl halides is 2. The molecule has 3 N–H and O–H groups in total. The molecule has 1 aromatic carbocycles. The maximum absolute atomic E-state index is 14.1. The first-order valence-electron chi connectivity index (χ1n) is 9.96. The minimum Gasteiger partial charge on any atom is -0.326 e. The van der Waals surface area contributed by atoms with Crippen molar-refractivity contribution in [1.82, 2.24) is 0 Å². The van der Waals surface area contributed by atoms with Crippen molar-refractivity contribution in [1.29, 1.82) is 0 Å². The first kappa shape index (κ1) is 19.3. The summed E-state index contributed by atoms with van der Waals surface area (Å²) in [4.78, 5) is 12.9. The van der Waals surface area contributed by atoms with E-state index in [1.165, 1.54) is 12.8 Å². The van der Waals surface area contributed by atoms with Crippen LogP contribution >= 0.6 is 0 Å². The van der Waals surface area contributed by atoms with Gasteiger partial charge in [-0.05, 0) is 36.0 Å². The highest BCUT2D eigenvalue weighted by Gasteiger charge is 2.46. The lowest BCUT2D eigenvalue weighted by molar-refractivity contribution is -0.134. The van der Waals surface area contributed by atoms with Crippen molar-refractivity contribution in [3.05, 3.63) is 29.8 Å². The second-order valence-corrected chi connectivity index (χ2v) is 8.01. The number of hydrogen-bond acceptors (Lipinski definition) is 2. The third-order valence-corrected chi connectivity index (χ3v) is 6.15. The number of nitrogens with two attached hydrogens (primary N) is 1. The average Bonchev–Trinajstić information content (AvgIpc) is 2.90. The first-order chi connectivity index (χ1) is 12.5. The van der Waals surface area contributed by atoms with Gasteiger partial charge < -0.3 is 11.1 Å². The fourth-order valence-corrected chi connectivity index (χ4v) is 4.76. The summed E-state index contributed by atoms with van der Waals surface area (Å²) in [6, 6.07) is 7.33. The van der Waals surface area contributed by atoms with Crippen LogP contribution in [-0.2, 0) is 11.3 Å². The van der Waals surface area contributed by atoms with E-state index >= 15 is 0 Å². The third kappa shape index (κ3) is 4.81. The summed E-state index contributed by atoms with van der Waals surface area (Å²) < 4.78 is 28.2. The normalized spacial score (nSPS) is 26.9. The highest BCUT2D eigenvalue weighted by atomic mass is 19.3. The number of anilines is 1. The molecule has 0 aliphatic heterocycles. The molecule has 3 nitrogen and oxygen atoms in total. The Kier molecular flexibility index (Phi) is 6.28. The molecule has 1 amide bonds. The Morgan fingerprint density at radius 1 is 1.15 bits per heavy atom.